The van der Waals surface area contributed by atoms with Crippen molar-refractivity contribution in [1.29, 1.82) is 0 Å². The number of hydrogen-bond acceptors (Lipinski definition) is 4. The number of aryl methyl sites for hydroxylation is 1. The van der Waals surface area contributed by atoms with Crippen LogP contribution < -0.4 is 5.32 Å². The molecular formula is C14H26N2S2. The van der Waals surface area contributed by atoms with Crippen LogP contribution in [0.5, 0.6) is 0 Å². The van der Waals surface area contributed by atoms with Crippen LogP contribution in [0.15, 0.2) is 0 Å². The number of nitrogens with zero attached hydrogens (tertiary/aromatic N) is 1. The molecule has 0 aromatic carbocycles. The van der Waals surface area contributed by atoms with Crippen LogP contribution in [-0.2, 0) is 12.3 Å². The van der Waals surface area contributed by atoms with E-state index in [1.807, 2.05) is 23.1 Å². The fraction of sp³-hybridized carbons (Fsp3) is 0.786. The van der Waals surface area contributed by atoms with E-state index in [1.54, 1.807) is 0 Å². The van der Waals surface area contributed by atoms with Gasteiger partial charge in [-0.3, -0.25) is 0 Å². The van der Waals surface area contributed by atoms with Crippen molar-refractivity contribution in [1.82, 2.24) is 10.3 Å². The lowest BCUT2D eigenvalue weighted by Crippen LogP contribution is -2.34. The number of hydrogen-bond donors (Lipinski definition) is 1. The molecule has 0 spiro atoms. The predicted molar refractivity (Wildman–Crippen MR) is 84.5 cm³/mol. The molecule has 0 saturated carbocycles. The zero-order valence-electron chi connectivity index (χ0n) is 12.7. The summed E-state index contributed by atoms with van der Waals surface area (Å²) in [6.45, 7) is 16.4. The van der Waals surface area contributed by atoms with Crippen molar-refractivity contribution in [2.24, 2.45) is 0 Å². The van der Waals surface area contributed by atoms with Crippen LogP contribution in [0.4, 0.5) is 0 Å². The molecule has 0 fully saturated rings. The first kappa shape index (κ1) is 16.0. The zero-order chi connectivity index (χ0) is 14.0. The molecule has 18 heavy (non-hydrogen) atoms. The van der Waals surface area contributed by atoms with Crippen LogP contribution in [0, 0.1) is 6.92 Å². The third-order valence-corrected chi connectivity index (χ3v) is 4.97. The summed E-state index contributed by atoms with van der Waals surface area (Å²) in [5.74, 6) is 1.02. The second kappa shape index (κ2) is 5.93. The maximum Gasteiger partial charge on any atom is 0.103 e. The Hall–Kier alpha value is -0.0600. The third-order valence-electron chi connectivity index (χ3n) is 2.34. The van der Waals surface area contributed by atoms with Crippen molar-refractivity contribution in [3.05, 3.63) is 15.6 Å². The molecule has 0 aliphatic heterocycles. The van der Waals surface area contributed by atoms with Gasteiger partial charge in [0.1, 0.15) is 5.01 Å². The molecule has 0 atom stereocenters. The van der Waals surface area contributed by atoms with E-state index in [-0.39, 0.29) is 5.54 Å². The van der Waals surface area contributed by atoms with Gasteiger partial charge in [-0.1, -0.05) is 20.8 Å². The van der Waals surface area contributed by atoms with Gasteiger partial charge in [-0.05, 0) is 27.7 Å². The molecule has 1 aromatic heterocycles. The maximum absolute atomic E-state index is 4.67. The number of thioether (sulfide) groups is 1. The van der Waals surface area contributed by atoms with Gasteiger partial charge in [-0.15, -0.1) is 23.1 Å². The smallest absolute Gasteiger partial charge is 0.103 e. The van der Waals surface area contributed by atoms with Crippen LogP contribution in [-0.4, -0.2) is 15.3 Å². The van der Waals surface area contributed by atoms with E-state index in [2.05, 4.69) is 58.8 Å². The highest BCUT2D eigenvalue weighted by Crippen LogP contribution is 2.30. The molecule has 0 aliphatic rings. The lowest BCUT2D eigenvalue weighted by atomic mass is 10.1. The summed E-state index contributed by atoms with van der Waals surface area (Å²) in [5.41, 5.74) is 1.35. The summed E-state index contributed by atoms with van der Waals surface area (Å²) in [7, 11) is 0. The van der Waals surface area contributed by atoms with Gasteiger partial charge in [0.05, 0.1) is 5.69 Å². The van der Waals surface area contributed by atoms with Gasteiger partial charge >= 0.3 is 0 Å². The van der Waals surface area contributed by atoms with Gasteiger partial charge in [0.25, 0.3) is 0 Å². The SMILES string of the molecule is Cc1nc(CSC(C)(C)C)sc1CNC(C)(C)C. The normalized spacial score (nSPS) is 13.1. The molecular weight excluding hydrogens is 260 g/mol. The maximum atomic E-state index is 4.67. The molecule has 1 aromatic rings. The molecule has 0 amide bonds. The Morgan fingerprint density at radius 1 is 1.17 bits per heavy atom. The largest absolute Gasteiger partial charge is 0.307 e. The molecule has 2 nitrogen and oxygen atoms in total. The molecule has 1 heterocycles. The van der Waals surface area contributed by atoms with Gasteiger partial charge in [0, 0.05) is 27.5 Å². The van der Waals surface area contributed by atoms with Crippen LogP contribution >= 0.6 is 23.1 Å². The number of aromatic nitrogens is 1. The molecule has 1 N–H and O–H groups in total. The number of nitrogens with one attached hydrogen (secondary N) is 1. The van der Waals surface area contributed by atoms with E-state index in [9.17, 15) is 0 Å². The highest BCUT2D eigenvalue weighted by Gasteiger charge is 2.15. The second-order valence-corrected chi connectivity index (χ2v) is 9.59. The van der Waals surface area contributed by atoms with E-state index in [1.165, 1.54) is 15.6 Å². The van der Waals surface area contributed by atoms with E-state index < -0.39 is 0 Å². The Kier molecular flexibility index (Phi) is 5.27. The van der Waals surface area contributed by atoms with Crippen molar-refractivity contribution in [2.75, 3.05) is 0 Å². The predicted octanol–water partition coefficient (Wildman–Crippen LogP) is 4.37. The summed E-state index contributed by atoms with van der Waals surface area (Å²) in [6.07, 6.45) is 0. The van der Waals surface area contributed by atoms with Crippen LogP contribution in [0.2, 0.25) is 0 Å². The minimum Gasteiger partial charge on any atom is -0.307 e. The summed E-state index contributed by atoms with van der Waals surface area (Å²) in [5, 5.41) is 4.78. The molecule has 0 unspecified atom stereocenters. The van der Waals surface area contributed by atoms with Crippen molar-refractivity contribution in [2.45, 2.75) is 71.0 Å². The van der Waals surface area contributed by atoms with Crippen LogP contribution in [0.3, 0.4) is 0 Å². The first-order chi connectivity index (χ1) is 8.07. The third kappa shape index (κ3) is 6.21. The average Bonchev–Trinajstić information content (AvgIpc) is 2.51. The summed E-state index contributed by atoms with van der Waals surface area (Å²) in [6, 6.07) is 0. The lowest BCUT2D eigenvalue weighted by Gasteiger charge is -2.19. The van der Waals surface area contributed by atoms with Gasteiger partial charge in [-0.2, -0.15) is 0 Å². The minimum absolute atomic E-state index is 0.163. The molecule has 4 heteroatoms. The lowest BCUT2D eigenvalue weighted by molar-refractivity contribution is 0.425. The monoisotopic (exact) mass is 286 g/mol. The summed E-state index contributed by atoms with van der Waals surface area (Å²) in [4.78, 5) is 6.04. The van der Waals surface area contributed by atoms with Gasteiger partial charge in [0.15, 0.2) is 0 Å². The molecule has 0 aliphatic carbocycles. The molecule has 1 rings (SSSR count). The Morgan fingerprint density at radius 3 is 2.28 bits per heavy atom. The standard InChI is InChI=1S/C14H26N2S2/c1-10-11(8-15-13(2,3)4)18-12(16-10)9-17-14(5,6)7/h15H,8-9H2,1-7H3. The highest BCUT2D eigenvalue weighted by atomic mass is 32.2. The van der Waals surface area contributed by atoms with E-state index in [0.717, 1.165) is 12.3 Å². The van der Waals surface area contributed by atoms with E-state index >= 15 is 0 Å². The van der Waals surface area contributed by atoms with Crippen molar-refractivity contribution in [3.8, 4) is 0 Å². The first-order valence-corrected chi connectivity index (χ1v) is 8.21. The molecule has 0 bridgehead atoms. The fourth-order valence-electron chi connectivity index (χ4n) is 1.34. The topological polar surface area (TPSA) is 24.9 Å². The first-order valence-electron chi connectivity index (χ1n) is 6.41. The number of thiazole rings is 1. The number of rotatable bonds is 4. The fourth-order valence-corrected chi connectivity index (χ4v) is 3.18. The Morgan fingerprint density at radius 2 is 1.78 bits per heavy atom. The minimum atomic E-state index is 0.163. The quantitative estimate of drug-likeness (QED) is 0.889. The zero-order valence-corrected chi connectivity index (χ0v) is 14.3. The van der Waals surface area contributed by atoms with Crippen LogP contribution in [0.1, 0.15) is 57.1 Å². The van der Waals surface area contributed by atoms with Crippen molar-refractivity contribution in [3.63, 3.8) is 0 Å². The average molecular weight is 287 g/mol. The Bertz CT molecular complexity index is 383. The van der Waals surface area contributed by atoms with E-state index in [4.69, 9.17) is 0 Å². The van der Waals surface area contributed by atoms with Crippen LogP contribution in [0.25, 0.3) is 0 Å². The van der Waals surface area contributed by atoms with Crippen molar-refractivity contribution >= 4 is 23.1 Å². The highest BCUT2D eigenvalue weighted by molar-refractivity contribution is 7.99. The van der Waals surface area contributed by atoms with Gasteiger partial charge < -0.3 is 5.32 Å². The summed E-state index contributed by atoms with van der Waals surface area (Å²) < 4.78 is 0.309. The van der Waals surface area contributed by atoms with Gasteiger partial charge in [0.2, 0.25) is 0 Å². The van der Waals surface area contributed by atoms with E-state index in [0.29, 0.717) is 4.75 Å². The summed E-state index contributed by atoms with van der Waals surface area (Å²) >= 11 is 3.81. The molecule has 0 radical (unpaired) electrons. The van der Waals surface area contributed by atoms with Crippen molar-refractivity contribution < 1.29 is 0 Å². The Balaban J connectivity index is 2.59. The Labute approximate surface area is 120 Å². The second-order valence-electron chi connectivity index (χ2n) is 6.62. The van der Waals surface area contributed by atoms with Gasteiger partial charge in [-0.25, -0.2) is 4.98 Å². The molecule has 104 valence electrons. The molecule has 0 saturated heterocycles.